The third-order valence-electron chi connectivity index (χ3n) is 9.17. The van der Waals surface area contributed by atoms with E-state index in [1.54, 1.807) is 24.3 Å². The van der Waals surface area contributed by atoms with E-state index in [0.29, 0.717) is 24.5 Å². The van der Waals surface area contributed by atoms with Crippen molar-refractivity contribution < 1.29 is 85.9 Å². The molecule has 58 heavy (non-hydrogen) atoms. The number of aliphatic hydroxyl groups excluding tert-OH is 1. The van der Waals surface area contributed by atoms with Crippen molar-refractivity contribution in [3.05, 3.63) is 24.3 Å². The molecule has 2 aliphatic rings. The summed E-state index contributed by atoms with van der Waals surface area (Å²) in [5.41, 5.74) is 6.65. The Labute approximate surface area is 338 Å². The summed E-state index contributed by atoms with van der Waals surface area (Å²) in [4.78, 5) is 63.4. The Balaban J connectivity index is 2.22. The van der Waals surface area contributed by atoms with E-state index in [9.17, 15) is 29.1 Å². The number of nitrogens with two attached hydrogens (primary N) is 1. The Morgan fingerprint density at radius 1 is 0.879 bits per heavy atom. The molecule has 0 spiro atoms. The smallest absolute Gasteiger partial charge is 0.366 e. The second-order valence-electron chi connectivity index (χ2n) is 13.8. The number of hydrogen-bond donors (Lipinski definition) is 2. The zero-order valence-electron chi connectivity index (χ0n) is 34.4. The topological polar surface area (TPSA) is 242 Å². The normalized spacial score (nSPS) is 28.0. The maximum Gasteiger partial charge on any atom is 0.366 e. The molecule has 0 amide bonds. The van der Waals surface area contributed by atoms with Crippen LogP contribution in [0.2, 0.25) is 0 Å². The van der Waals surface area contributed by atoms with Crippen LogP contribution in [-0.2, 0) is 71.3 Å². The largest absolute Gasteiger partial charge is 0.497 e. The summed E-state index contributed by atoms with van der Waals surface area (Å²) < 4.78 is 70.0. The van der Waals surface area contributed by atoms with E-state index < -0.39 is 110 Å². The lowest BCUT2D eigenvalue weighted by molar-refractivity contribution is -0.367. The summed E-state index contributed by atoms with van der Waals surface area (Å²) in [6.07, 6.45) is -10.9. The number of esters is 5. The van der Waals surface area contributed by atoms with Crippen LogP contribution in [0.5, 0.6) is 11.5 Å². The van der Waals surface area contributed by atoms with Crippen LogP contribution in [0.15, 0.2) is 24.3 Å². The Morgan fingerprint density at radius 3 is 2.09 bits per heavy atom. The van der Waals surface area contributed by atoms with Crippen LogP contribution in [0, 0.1) is 0 Å². The number of ether oxygens (including phenoxy) is 12. The fourth-order valence-corrected chi connectivity index (χ4v) is 6.40. The van der Waals surface area contributed by atoms with Crippen molar-refractivity contribution in [2.24, 2.45) is 5.73 Å². The van der Waals surface area contributed by atoms with Gasteiger partial charge in [0.25, 0.3) is 5.79 Å². The zero-order valence-corrected chi connectivity index (χ0v) is 34.4. The molecule has 2 aliphatic heterocycles. The van der Waals surface area contributed by atoms with Crippen molar-refractivity contribution in [2.75, 3.05) is 40.6 Å². The molecule has 0 radical (unpaired) electrons. The van der Waals surface area contributed by atoms with Gasteiger partial charge in [-0.25, -0.2) is 4.79 Å². The predicted octanol–water partition coefficient (Wildman–Crippen LogP) is 1.89. The van der Waals surface area contributed by atoms with Gasteiger partial charge in [-0.15, -0.1) is 0 Å². The van der Waals surface area contributed by atoms with Gasteiger partial charge in [0.15, 0.2) is 12.2 Å². The average Bonchev–Trinajstić information content (AvgIpc) is 3.17. The second kappa shape index (κ2) is 23.5. The molecule has 3 rings (SSSR count). The van der Waals surface area contributed by atoms with E-state index >= 15 is 0 Å². The molecule has 3 N–H and O–H groups in total. The molecule has 19 nitrogen and oxygen atoms in total. The monoisotopic (exact) mass is 829 g/mol. The van der Waals surface area contributed by atoms with Crippen molar-refractivity contribution in [1.82, 2.24) is 0 Å². The number of rotatable bonds is 22. The fraction of sp³-hybridized carbons (Fsp3) is 0.718. The van der Waals surface area contributed by atoms with E-state index in [0.717, 1.165) is 54.1 Å². The molecule has 0 aliphatic carbocycles. The third kappa shape index (κ3) is 13.7. The third-order valence-corrected chi connectivity index (χ3v) is 9.17. The first kappa shape index (κ1) is 48.3. The van der Waals surface area contributed by atoms with E-state index in [-0.39, 0.29) is 13.2 Å². The van der Waals surface area contributed by atoms with Crippen LogP contribution in [-0.4, -0.2) is 143 Å². The first-order chi connectivity index (χ1) is 27.6. The first-order valence-electron chi connectivity index (χ1n) is 19.3. The van der Waals surface area contributed by atoms with Gasteiger partial charge < -0.3 is 67.7 Å². The fourth-order valence-electron chi connectivity index (χ4n) is 6.40. The van der Waals surface area contributed by atoms with Crippen molar-refractivity contribution in [1.29, 1.82) is 0 Å². The van der Waals surface area contributed by atoms with Gasteiger partial charge in [0, 0.05) is 40.9 Å². The minimum absolute atomic E-state index is 0.129. The SMILES string of the molecule is CCCCOCC1O[C@@H](Oc2ccc(OC)cc2)C(OCCCC)C(O[C@]2(C(=O)OC)CC(OC(C)=O)[C@@H](N)C([C@H](OC(C)=O)[C@@H](COC(C)=O)OC(C)=O)O2)[C@H]1O. The quantitative estimate of drug-likeness (QED) is 0.0963. The Kier molecular flexibility index (Phi) is 19.5. The van der Waals surface area contributed by atoms with Gasteiger partial charge in [0.1, 0.15) is 54.7 Å². The maximum atomic E-state index is 14.1. The predicted molar refractivity (Wildman–Crippen MR) is 199 cm³/mol. The molecule has 0 saturated carbocycles. The molecule has 2 fully saturated rings. The highest BCUT2D eigenvalue weighted by atomic mass is 16.8. The molecule has 0 aromatic heterocycles. The summed E-state index contributed by atoms with van der Waals surface area (Å²) in [6, 6.07) is 5.22. The van der Waals surface area contributed by atoms with Gasteiger partial charge in [-0.3, -0.25) is 19.2 Å². The molecule has 19 heteroatoms. The highest BCUT2D eigenvalue weighted by molar-refractivity contribution is 5.78. The van der Waals surface area contributed by atoms with Gasteiger partial charge in [-0.2, -0.15) is 0 Å². The van der Waals surface area contributed by atoms with Gasteiger partial charge in [-0.05, 0) is 37.1 Å². The minimum atomic E-state index is -2.61. The van der Waals surface area contributed by atoms with E-state index in [1.807, 2.05) is 13.8 Å². The molecule has 2 saturated heterocycles. The lowest BCUT2D eigenvalue weighted by Gasteiger charge is -2.51. The maximum absolute atomic E-state index is 14.1. The summed E-state index contributed by atoms with van der Waals surface area (Å²) in [5, 5.41) is 12.1. The van der Waals surface area contributed by atoms with Gasteiger partial charge in [-0.1, -0.05) is 26.7 Å². The number of unbranched alkanes of at least 4 members (excludes halogenated alkanes) is 2. The zero-order chi connectivity index (χ0) is 43.0. The number of carbonyl (C=O) groups excluding carboxylic acids is 5. The Bertz CT molecular complexity index is 1480. The van der Waals surface area contributed by atoms with Crippen LogP contribution in [0.25, 0.3) is 0 Å². The van der Waals surface area contributed by atoms with Crippen LogP contribution in [0.3, 0.4) is 0 Å². The van der Waals surface area contributed by atoms with Gasteiger partial charge >= 0.3 is 29.8 Å². The first-order valence-corrected chi connectivity index (χ1v) is 19.3. The summed E-state index contributed by atoms with van der Waals surface area (Å²) >= 11 is 0. The van der Waals surface area contributed by atoms with E-state index in [2.05, 4.69) is 0 Å². The van der Waals surface area contributed by atoms with Crippen molar-refractivity contribution in [2.45, 2.75) is 141 Å². The molecule has 1 aromatic rings. The van der Waals surface area contributed by atoms with Crippen molar-refractivity contribution in [3.8, 4) is 11.5 Å². The van der Waals surface area contributed by atoms with Crippen LogP contribution < -0.4 is 15.2 Å². The molecule has 328 valence electrons. The van der Waals surface area contributed by atoms with Gasteiger partial charge in [0.2, 0.25) is 6.29 Å². The lowest BCUT2D eigenvalue weighted by Crippen LogP contribution is -2.71. The molecule has 5 unspecified atom stereocenters. The number of hydrogen-bond acceptors (Lipinski definition) is 19. The summed E-state index contributed by atoms with van der Waals surface area (Å²) in [7, 11) is 2.56. The molecular formula is C39H59NO18. The number of benzene rings is 1. The summed E-state index contributed by atoms with van der Waals surface area (Å²) in [5.74, 6) is -6.24. The number of aliphatic hydroxyl groups is 1. The molecule has 0 bridgehead atoms. The Hall–Kier alpha value is -4.11. The van der Waals surface area contributed by atoms with E-state index in [1.165, 1.54) is 7.11 Å². The molecule has 1 aromatic carbocycles. The highest BCUT2D eigenvalue weighted by Gasteiger charge is 2.61. The van der Waals surface area contributed by atoms with E-state index in [4.69, 9.17) is 62.6 Å². The standard InChI is InChI=1S/C39H59NO18/c1-9-11-17-49-20-29-32(45)35(36(50-18-12-10-2)37(56-29)55-27-15-13-26(47-7)14-16-27)58-39(38(46)48-8)19-28(52-23(4)42)31(40)34(57-39)33(54-25(6)44)30(53-24(5)43)21-51-22(3)41/h13-16,28-37,45H,9-12,17-21,40H2,1-8H3/t28?,29?,30-,31-,32+,33-,34?,35?,36?,37-,39+/m1/s1. The minimum Gasteiger partial charge on any atom is -0.497 e. The Morgan fingerprint density at radius 2 is 1.52 bits per heavy atom. The molecular weight excluding hydrogens is 770 g/mol. The summed E-state index contributed by atoms with van der Waals surface area (Å²) in [6.45, 7) is 7.98. The van der Waals surface area contributed by atoms with Crippen LogP contribution in [0.1, 0.15) is 73.6 Å². The van der Waals surface area contributed by atoms with Crippen LogP contribution >= 0.6 is 0 Å². The van der Waals surface area contributed by atoms with Crippen molar-refractivity contribution in [3.63, 3.8) is 0 Å². The van der Waals surface area contributed by atoms with Crippen molar-refractivity contribution >= 4 is 29.8 Å². The number of methoxy groups -OCH3 is 2. The number of carbonyl (C=O) groups is 5. The second-order valence-corrected chi connectivity index (χ2v) is 13.8. The van der Waals surface area contributed by atoms with Crippen LogP contribution in [0.4, 0.5) is 0 Å². The molecule has 11 atom stereocenters. The molecule has 2 heterocycles. The average molecular weight is 830 g/mol. The van der Waals surface area contributed by atoms with Gasteiger partial charge in [0.05, 0.1) is 33.3 Å². The highest BCUT2D eigenvalue weighted by Crippen LogP contribution is 2.40. The lowest BCUT2D eigenvalue weighted by atomic mass is 9.88.